The molecule has 2 aliphatic rings. The van der Waals surface area contributed by atoms with E-state index >= 15 is 0 Å². The molecule has 0 spiro atoms. The molecule has 0 aromatic heterocycles. The first kappa shape index (κ1) is 33.9. The molecule has 3 amide bonds. The van der Waals surface area contributed by atoms with Crippen molar-refractivity contribution in [2.24, 2.45) is 17.8 Å². The van der Waals surface area contributed by atoms with E-state index in [4.69, 9.17) is 4.74 Å². The van der Waals surface area contributed by atoms with Gasteiger partial charge < -0.3 is 20.1 Å². The Balaban J connectivity index is 1.44. The molecule has 4 rings (SSSR count). The Morgan fingerprint density at radius 1 is 1.07 bits per heavy atom. The second-order valence-corrected chi connectivity index (χ2v) is 12.8. The lowest BCUT2D eigenvalue weighted by atomic mass is 9.92. The number of rotatable bonds is 10. The molecule has 1 saturated heterocycles. The molecule has 9 heteroatoms. The van der Waals surface area contributed by atoms with Gasteiger partial charge in [-0.3, -0.25) is 14.4 Å². The van der Waals surface area contributed by atoms with Crippen molar-refractivity contribution >= 4 is 29.4 Å². The van der Waals surface area contributed by atoms with E-state index in [1.165, 1.54) is 4.90 Å². The Bertz CT molecular complexity index is 1450. The largest absolute Gasteiger partial charge is 0.444 e. The number of aliphatic hydroxyl groups excluding tert-OH is 1. The van der Waals surface area contributed by atoms with E-state index in [0.29, 0.717) is 36.2 Å². The van der Waals surface area contributed by atoms with Gasteiger partial charge in [0.25, 0.3) is 5.91 Å². The van der Waals surface area contributed by atoms with Crippen LogP contribution in [0.25, 0.3) is 0 Å². The highest BCUT2D eigenvalue weighted by atomic mass is 16.6. The first-order chi connectivity index (χ1) is 21.4. The lowest BCUT2D eigenvalue weighted by Gasteiger charge is -2.31. The Morgan fingerprint density at radius 2 is 1.71 bits per heavy atom. The molecule has 5 atom stereocenters. The number of benzene rings is 2. The number of anilines is 1. The Kier molecular flexibility index (Phi) is 10.9. The van der Waals surface area contributed by atoms with Crippen molar-refractivity contribution in [3.63, 3.8) is 0 Å². The molecule has 2 heterocycles. The van der Waals surface area contributed by atoms with Gasteiger partial charge in [-0.05, 0) is 86.8 Å². The number of allylic oxidation sites excluding steroid dienone is 1. The summed E-state index contributed by atoms with van der Waals surface area (Å²) in [7, 11) is 0. The van der Waals surface area contributed by atoms with Gasteiger partial charge in [-0.1, -0.05) is 57.2 Å². The average molecular weight is 618 g/mol. The van der Waals surface area contributed by atoms with Gasteiger partial charge in [0.15, 0.2) is 12.0 Å². The van der Waals surface area contributed by atoms with Crippen LogP contribution in [0.4, 0.5) is 10.5 Å². The third kappa shape index (κ3) is 7.47. The molecule has 9 nitrogen and oxygen atoms in total. The molecule has 0 aliphatic carbocycles. The smallest absolute Gasteiger partial charge is 0.416 e. The maximum Gasteiger partial charge on any atom is 0.416 e. The molecule has 242 valence electrons. The first-order valence-corrected chi connectivity index (χ1v) is 16.0. The highest BCUT2D eigenvalue weighted by Gasteiger charge is 2.47. The van der Waals surface area contributed by atoms with Crippen LogP contribution in [0, 0.1) is 31.6 Å². The summed E-state index contributed by atoms with van der Waals surface area (Å²) in [5.74, 6) is -0.249. The fourth-order valence-electron chi connectivity index (χ4n) is 6.36. The van der Waals surface area contributed by atoms with Gasteiger partial charge in [-0.25, -0.2) is 9.69 Å². The van der Waals surface area contributed by atoms with Crippen LogP contribution in [0.1, 0.15) is 80.1 Å². The molecule has 0 saturated carbocycles. The van der Waals surface area contributed by atoms with Gasteiger partial charge in [0.2, 0.25) is 5.91 Å². The predicted octanol–water partition coefficient (Wildman–Crippen LogP) is 5.48. The second-order valence-electron chi connectivity index (χ2n) is 12.8. The molecule has 1 unspecified atom stereocenters. The first-order valence-electron chi connectivity index (χ1n) is 16.0. The molecule has 45 heavy (non-hydrogen) atoms. The minimum atomic E-state index is -1.27. The summed E-state index contributed by atoms with van der Waals surface area (Å²) in [4.78, 5) is 55.6. The fourth-order valence-corrected chi connectivity index (χ4v) is 6.36. The number of carbonyl (C=O) groups excluding carboxylic acids is 4. The van der Waals surface area contributed by atoms with Crippen LogP contribution in [0.2, 0.25) is 0 Å². The third-order valence-electron chi connectivity index (χ3n) is 9.20. The minimum absolute atomic E-state index is 0.0555. The van der Waals surface area contributed by atoms with E-state index in [1.807, 2.05) is 53.7 Å². The van der Waals surface area contributed by atoms with Gasteiger partial charge in [-0.2, -0.15) is 0 Å². The van der Waals surface area contributed by atoms with Crippen molar-refractivity contribution in [3.8, 4) is 0 Å². The number of ketones is 1. The number of hydrogen-bond acceptors (Lipinski definition) is 6. The van der Waals surface area contributed by atoms with Gasteiger partial charge in [0, 0.05) is 18.9 Å². The van der Waals surface area contributed by atoms with Crippen LogP contribution < -0.4 is 10.2 Å². The van der Waals surface area contributed by atoms with Crippen LogP contribution in [0.3, 0.4) is 0 Å². The predicted molar refractivity (Wildman–Crippen MR) is 174 cm³/mol. The Labute approximate surface area is 266 Å². The van der Waals surface area contributed by atoms with E-state index in [-0.39, 0.29) is 48.4 Å². The molecule has 2 aromatic rings. The van der Waals surface area contributed by atoms with Crippen LogP contribution in [0.5, 0.6) is 0 Å². The number of Topliss-reactive ketones (excluding diaryl/α,β-unsaturated/α-hetero) is 1. The molecule has 0 radical (unpaired) electrons. The number of nitrogens with zero attached hydrogens (tertiary/aromatic N) is 2. The Morgan fingerprint density at radius 3 is 2.33 bits per heavy atom. The maximum atomic E-state index is 13.7. The molecule has 2 N–H and O–H groups in total. The molecular weight excluding hydrogens is 570 g/mol. The summed E-state index contributed by atoms with van der Waals surface area (Å²) < 4.78 is 5.70. The number of ether oxygens (including phenoxy) is 1. The number of aliphatic hydroxyl groups is 1. The van der Waals surface area contributed by atoms with E-state index < -0.39 is 24.4 Å². The molecule has 1 fully saturated rings. The SMILES string of the molecule is C/C=C/C1C[C@H]2[C@H](O)N(C(=O)OCc3ccc(CC(=O)[C@H](C)NC(=O)[C@@H](CC)C(C)C)cc3)c3cc(C)c(C)cc3C(=O)N2C1. The van der Waals surface area contributed by atoms with Gasteiger partial charge >= 0.3 is 6.09 Å². The van der Waals surface area contributed by atoms with Crippen molar-refractivity contribution < 1.29 is 29.0 Å². The quantitative estimate of drug-likeness (QED) is 0.341. The normalized spacial score (nSPS) is 20.9. The van der Waals surface area contributed by atoms with E-state index in [0.717, 1.165) is 16.7 Å². The number of amides is 3. The van der Waals surface area contributed by atoms with Crippen molar-refractivity contribution in [1.29, 1.82) is 0 Å². The topological polar surface area (TPSA) is 116 Å². The Hall–Kier alpha value is -3.98. The number of nitrogens with one attached hydrogen (secondary N) is 1. The number of fused-ring (bicyclic) bond motifs is 2. The van der Waals surface area contributed by atoms with Crippen LogP contribution in [0.15, 0.2) is 48.6 Å². The lowest BCUT2D eigenvalue weighted by Crippen LogP contribution is -2.50. The van der Waals surface area contributed by atoms with Crippen LogP contribution in [-0.2, 0) is 27.4 Å². The average Bonchev–Trinajstić information content (AvgIpc) is 3.39. The molecule has 2 aromatic carbocycles. The van der Waals surface area contributed by atoms with Crippen molar-refractivity contribution in [2.75, 3.05) is 11.4 Å². The van der Waals surface area contributed by atoms with Crippen molar-refractivity contribution in [1.82, 2.24) is 10.2 Å². The summed E-state index contributed by atoms with van der Waals surface area (Å²) >= 11 is 0. The zero-order valence-electron chi connectivity index (χ0n) is 27.5. The van der Waals surface area contributed by atoms with Crippen molar-refractivity contribution in [2.45, 2.75) is 92.6 Å². The zero-order valence-corrected chi connectivity index (χ0v) is 27.5. The van der Waals surface area contributed by atoms with Gasteiger partial charge in [0.05, 0.1) is 23.3 Å². The summed E-state index contributed by atoms with van der Waals surface area (Å²) in [6, 6.07) is 9.56. The summed E-state index contributed by atoms with van der Waals surface area (Å²) in [5.41, 5.74) is 4.01. The lowest BCUT2D eigenvalue weighted by molar-refractivity contribution is -0.130. The third-order valence-corrected chi connectivity index (χ3v) is 9.20. The van der Waals surface area contributed by atoms with Crippen LogP contribution in [-0.4, -0.2) is 58.6 Å². The summed E-state index contributed by atoms with van der Waals surface area (Å²) in [6.45, 7) is 13.8. The summed E-state index contributed by atoms with van der Waals surface area (Å²) in [5, 5.41) is 14.4. The number of hydrogen-bond donors (Lipinski definition) is 2. The van der Waals surface area contributed by atoms with E-state index in [2.05, 4.69) is 5.32 Å². The highest BCUT2D eigenvalue weighted by molar-refractivity contribution is 6.05. The van der Waals surface area contributed by atoms with E-state index in [1.54, 1.807) is 48.2 Å². The number of aryl methyl sites for hydroxylation is 2. The van der Waals surface area contributed by atoms with Crippen molar-refractivity contribution in [3.05, 3.63) is 76.4 Å². The zero-order chi connectivity index (χ0) is 33.0. The fraction of sp³-hybridized carbons (Fsp3) is 0.500. The molecular formula is C36H47N3O6. The highest BCUT2D eigenvalue weighted by Crippen LogP contribution is 2.38. The minimum Gasteiger partial charge on any atom is -0.444 e. The summed E-state index contributed by atoms with van der Waals surface area (Å²) in [6.07, 6.45) is 3.36. The standard InChI is InChI=1S/C36H47N3O6/c1-8-10-27-17-31-35(43)39(30-16-23(6)22(5)15-29(30)34(42)38(31)19-27)36(44)45-20-26-13-11-25(12-14-26)18-32(40)24(7)37-33(41)28(9-2)21(3)4/h8,10-16,21,24,27-28,31,35,43H,9,17-20H2,1-7H3,(H,37,41)/b10-8+/t24-,27?,28-,31-,35-/m0/s1. The molecule has 2 aliphatic heterocycles. The monoisotopic (exact) mass is 617 g/mol. The van der Waals surface area contributed by atoms with Gasteiger partial charge in [-0.15, -0.1) is 0 Å². The van der Waals surface area contributed by atoms with Crippen LogP contribution >= 0.6 is 0 Å². The van der Waals surface area contributed by atoms with Gasteiger partial charge in [0.1, 0.15) is 6.61 Å². The number of carbonyl (C=O) groups is 4. The maximum absolute atomic E-state index is 13.7. The second kappa shape index (κ2) is 14.4. The molecule has 0 bridgehead atoms. The van der Waals surface area contributed by atoms with E-state index in [9.17, 15) is 24.3 Å².